The van der Waals surface area contributed by atoms with Crippen molar-refractivity contribution in [1.29, 1.82) is 0 Å². The van der Waals surface area contributed by atoms with Crippen molar-refractivity contribution in [3.8, 4) is 0 Å². The molecule has 1 aromatic rings. The molecule has 70 valence electrons. The number of esters is 1. The maximum atomic E-state index is 11.1. The van der Waals surface area contributed by atoms with Gasteiger partial charge in [-0.3, -0.25) is 0 Å². The van der Waals surface area contributed by atoms with Crippen LogP contribution in [-0.4, -0.2) is 18.1 Å². The Balaban J connectivity index is 3.20. The molecule has 0 aliphatic rings. The highest BCUT2D eigenvalue weighted by Gasteiger charge is 2.11. The summed E-state index contributed by atoms with van der Waals surface area (Å²) in [5.74, 6) is -0.488. The predicted octanol–water partition coefficient (Wildman–Crippen LogP) is 2.59. The van der Waals surface area contributed by atoms with Crippen molar-refractivity contribution in [2.45, 2.75) is 6.92 Å². The van der Waals surface area contributed by atoms with Crippen molar-refractivity contribution < 1.29 is 9.53 Å². The molecule has 0 aliphatic carbocycles. The fraction of sp³-hybridized carbons (Fsp3) is 0.250. The highest BCUT2D eigenvalue weighted by molar-refractivity contribution is 9.10. The van der Waals surface area contributed by atoms with Gasteiger partial charge in [-0.05, 0) is 34.5 Å². The van der Waals surface area contributed by atoms with Gasteiger partial charge in [0.15, 0.2) is 0 Å². The largest absolute Gasteiger partial charge is 0.464 e. The minimum atomic E-state index is -0.488. The van der Waals surface area contributed by atoms with E-state index in [2.05, 4.69) is 25.7 Å². The number of carbonyl (C=O) groups excluding carboxylic acids is 1. The molecule has 0 spiro atoms. The summed E-state index contributed by atoms with van der Waals surface area (Å²) in [6, 6.07) is 1.61. The zero-order valence-corrected chi connectivity index (χ0v) is 9.44. The number of hydrogen-bond acceptors (Lipinski definition) is 3. The number of aryl methyl sites for hydroxylation is 1. The number of carbonyl (C=O) groups is 1. The second-order valence-electron chi connectivity index (χ2n) is 2.42. The molecule has 0 radical (unpaired) electrons. The lowest BCUT2D eigenvalue weighted by Crippen LogP contribution is -2.05. The molecule has 0 saturated heterocycles. The molecule has 0 N–H and O–H groups in total. The van der Waals surface area contributed by atoms with Gasteiger partial charge in [0.05, 0.1) is 11.6 Å². The van der Waals surface area contributed by atoms with Gasteiger partial charge in [0.2, 0.25) is 0 Å². The monoisotopic (exact) mass is 263 g/mol. The van der Waals surface area contributed by atoms with E-state index in [4.69, 9.17) is 11.6 Å². The van der Waals surface area contributed by atoms with Crippen molar-refractivity contribution in [1.82, 2.24) is 4.98 Å². The first-order valence-electron chi connectivity index (χ1n) is 3.47. The van der Waals surface area contributed by atoms with E-state index >= 15 is 0 Å². The molecule has 0 aliphatic heterocycles. The Hall–Kier alpha value is -0.610. The van der Waals surface area contributed by atoms with Gasteiger partial charge in [0.1, 0.15) is 10.8 Å². The number of rotatable bonds is 1. The van der Waals surface area contributed by atoms with E-state index in [1.165, 1.54) is 7.11 Å². The third kappa shape index (κ3) is 2.19. The third-order valence-corrected chi connectivity index (χ3v) is 3.00. The molecule has 0 bridgehead atoms. The number of halogens is 2. The first-order chi connectivity index (χ1) is 6.06. The minimum absolute atomic E-state index is 0.216. The number of aromatic nitrogens is 1. The molecule has 1 rings (SSSR count). The van der Waals surface area contributed by atoms with Gasteiger partial charge < -0.3 is 4.74 Å². The first kappa shape index (κ1) is 10.5. The molecule has 0 unspecified atom stereocenters. The van der Waals surface area contributed by atoms with Crippen LogP contribution in [0.1, 0.15) is 16.1 Å². The standard InChI is InChI=1S/C8H7BrClNO2/c1-4-3-5(8(12)13-2)11-7(10)6(4)9/h3H,1-2H3. The normalized spacial score (nSPS) is 9.85. The lowest BCUT2D eigenvalue weighted by Gasteiger charge is -2.03. The highest BCUT2D eigenvalue weighted by Crippen LogP contribution is 2.24. The molecule has 3 nitrogen and oxygen atoms in total. The molecule has 13 heavy (non-hydrogen) atoms. The molecule has 0 saturated carbocycles. The zero-order valence-electron chi connectivity index (χ0n) is 7.10. The van der Waals surface area contributed by atoms with E-state index in [0.717, 1.165) is 5.56 Å². The second kappa shape index (κ2) is 4.07. The Kier molecular flexibility index (Phi) is 3.27. The summed E-state index contributed by atoms with van der Waals surface area (Å²) in [5.41, 5.74) is 1.06. The maximum absolute atomic E-state index is 11.1. The molecular weight excluding hydrogens is 257 g/mol. The number of methoxy groups -OCH3 is 1. The van der Waals surface area contributed by atoms with E-state index in [9.17, 15) is 4.79 Å². The van der Waals surface area contributed by atoms with E-state index < -0.39 is 5.97 Å². The van der Waals surface area contributed by atoms with Gasteiger partial charge in [0, 0.05) is 0 Å². The minimum Gasteiger partial charge on any atom is -0.464 e. The summed E-state index contributed by atoms with van der Waals surface area (Å²) in [6.45, 7) is 1.82. The van der Waals surface area contributed by atoms with Crippen LogP contribution in [0.2, 0.25) is 5.15 Å². The van der Waals surface area contributed by atoms with Crippen LogP contribution in [0, 0.1) is 6.92 Å². The predicted molar refractivity (Wildman–Crippen MR) is 53.0 cm³/mol. The van der Waals surface area contributed by atoms with E-state index in [1.54, 1.807) is 6.07 Å². The van der Waals surface area contributed by atoms with E-state index in [0.29, 0.717) is 4.47 Å². The van der Waals surface area contributed by atoms with Crippen LogP contribution in [0.5, 0.6) is 0 Å². The van der Waals surface area contributed by atoms with Crippen LogP contribution in [0.15, 0.2) is 10.5 Å². The van der Waals surface area contributed by atoms with Crippen molar-refractivity contribution >= 4 is 33.5 Å². The van der Waals surface area contributed by atoms with Gasteiger partial charge in [0.25, 0.3) is 0 Å². The SMILES string of the molecule is COC(=O)c1cc(C)c(Br)c(Cl)n1. The van der Waals surface area contributed by atoms with Crippen LogP contribution in [0.4, 0.5) is 0 Å². The Morgan fingerprint density at radius 3 is 2.77 bits per heavy atom. The number of nitrogens with zero attached hydrogens (tertiary/aromatic N) is 1. The molecule has 0 amide bonds. The van der Waals surface area contributed by atoms with E-state index in [-0.39, 0.29) is 10.8 Å². The van der Waals surface area contributed by atoms with Crippen molar-refractivity contribution in [2.24, 2.45) is 0 Å². The topological polar surface area (TPSA) is 39.2 Å². The van der Waals surface area contributed by atoms with Gasteiger partial charge in [-0.2, -0.15) is 0 Å². The smallest absolute Gasteiger partial charge is 0.356 e. The average Bonchev–Trinajstić information content (AvgIpc) is 2.12. The van der Waals surface area contributed by atoms with Gasteiger partial charge in [-0.15, -0.1) is 0 Å². The van der Waals surface area contributed by atoms with Gasteiger partial charge >= 0.3 is 5.97 Å². The summed E-state index contributed by atoms with van der Waals surface area (Å²) in [6.07, 6.45) is 0. The molecule has 0 fully saturated rings. The van der Waals surface area contributed by atoms with Crippen LogP contribution < -0.4 is 0 Å². The van der Waals surface area contributed by atoms with Crippen LogP contribution in [0.25, 0.3) is 0 Å². The van der Waals surface area contributed by atoms with Crippen LogP contribution >= 0.6 is 27.5 Å². The number of ether oxygens (including phenoxy) is 1. The zero-order chi connectivity index (χ0) is 10.0. The molecule has 0 atom stereocenters. The summed E-state index contributed by atoms with van der Waals surface area (Å²) < 4.78 is 5.21. The fourth-order valence-electron chi connectivity index (χ4n) is 0.827. The Labute approximate surface area is 89.2 Å². The van der Waals surface area contributed by atoms with Crippen molar-refractivity contribution in [2.75, 3.05) is 7.11 Å². The first-order valence-corrected chi connectivity index (χ1v) is 4.64. The van der Waals surface area contributed by atoms with Gasteiger partial charge in [-0.1, -0.05) is 11.6 Å². The second-order valence-corrected chi connectivity index (χ2v) is 3.57. The van der Waals surface area contributed by atoms with Crippen molar-refractivity contribution in [3.05, 3.63) is 26.9 Å². The van der Waals surface area contributed by atoms with Crippen LogP contribution in [-0.2, 0) is 4.74 Å². The summed E-state index contributed by atoms with van der Waals surface area (Å²) >= 11 is 8.99. The van der Waals surface area contributed by atoms with Crippen LogP contribution in [0.3, 0.4) is 0 Å². The average molecular weight is 265 g/mol. The quantitative estimate of drug-likeness (QED) is 0.578. The molecule has 0 aromatic carbocycles. The summed E-state index contributed by atoms with van der Waals surface area (Å²) in [5, 5.41) is 0.264. The third-order valence-electron chi connectivity index (χ3n) is 1.49. The summed E-state index contributed by atoms with van der Waals surface area (Å²) in [7, 11) is 1.30. The Bertz CT molecular complexity index is 331. The fourth-order valence-corrected chi connectivity index (χ4v) is 1.27. The van der Waals surface area contributed by atoms with Gasteiger partial charge in [-0.25, -0.2) is 9.78 Å². The molecule has 1 aromatic heterocycles. The van der Waals surface area contributed by atoms with E-state index in [1.807, 2.05) is 6.92 Å². The van der Waals surface area contributed by atoms with Crippen molar-refractivity contribution in [3.63, 3.8) is 0 Å². The summed E-state index contributed by atoms with van der Waals surface area (Å²) in [4.78, 5) is 14.9. The Morgan fingerprint density at radius 1 is 1.69 bits per heavy atom. The lowest BCUT2D eigenvalue weighted by molar-refractivity contribution is 0.0594. The Morgan fingerprint density at radius 2 is 2.31 bits per heavy atom. The lowest BCUT2D eigenvalue weighted by atomic mass is 10.2. The number of hydrogen-bond donors (Lipinski definition) is 0. The maximum Gasteiger partial charge on any atom is 0.356 e. The molecule has 5 heteroatoms. The molecular formula is C8H7BrClNO2. The number of pyridine rings is 1. The molecule has 1 heterocycles. The highest BCUT2D eigenvalue weighted by atomic mass is 79.9.